The van der Waals surface area contributed by atoms with Gasteiger partial charge in [0.1, 0.15) is 0 Å². The molecule has 1 aliphatic heterocycles. The number of thioether (sulfide) groups is 1. The zero-order chi connectivity index (χ0) is 13.0. The monoisotopic (exact) mass is 284 g/mol. The van der Waals surface area contributed by atoms with Gasteiger partial charge < -0.3 is 5.32 Å². The molecule has 1 aromatic rings. The number of rotatable bonds is 4. The summed E-state index contributed by atoms with van der Waals surface area (Å²) >= 11 is 7.73. The lowest BCUT2D eigenvalue weighted by atomic mass is 10.0. The molecule has 1 fully saturated rings. The van der Waals surface area contributed by atoms with Crippen molar-refractivity contribution in [3.05, 3.63) is 34.9 Å². The van der Waals surface area contributed by atoms with Crippen LogP contribution in [-0.4, -0.2) is 23.6 Å². The standard InChI is InChI=1S/C13H17ClN2OS/c1-2-11(9-4-3-5-10(14)6-9)16-13(17)12-7-18-8-15-12/h3-6,11-12,15H,2,7-8H2,1H3,(H,16,17). The maximum Gasteiger partial charge on any atom is 0.238 e. The summed E-state index contributed by atoms with van der Waals surface area (Å²) in [7, 11) is 0. The Morgan fingerprint density at radius 2 is 2.50 bits per heavy atom. The van der Waals surface area contributed by atoms with E-state index in [1.165, 1.54) is 0 Å². The summed E-state index contributed by atoms with van der Waals surface area (Å²) in [6.07, 6.45) is 0.853. The summed E-state index contributed by atoms with van der Waals surface area (Å²) in [4.78, 5) is 12.1. The van der Waals surface area contributed by atoms with Crippen molar-refractivity contribution in [1.29, 1.82) is 0 Å². The first-order valence-electron chi connectivity index (χ1n) is 6.07. The van der Waals surface area contributed by atoms with Crippen LogP contribution in [0.3, 0.4) is 0 Å². The molecule has 18 heavy (non-hydrogen) atoms. The molecule has 1 aliphatic rings. The topological polar surface area (TPSA) is 41.1 Å². The molecule has 0 spiro atoms. The summed E-state index contributed by atoms with van der Waals surface area (Å²) in [6, 6.07) is 7.63. The van der Waals surface area contributed by atoms with Crippen LogP contribution in [0, 0.1) is 0 Å². The Morgan fingerprint density at radius 3 is 3.11 bits per heavy atom. The van der Waals surface area contributed by atoms with Crippen molar-refractivity contribution in [3.8, 4) is 0 Å². The van der Waals surface area contributed by atoms with Gasteiger partial charge in [0.2, 0.25) is 5.91 Å². The molecule has 2 rings (SSSR count). The van der Waals surface area contributed by atoms with E-state index in [1.807, 2.05) is 24.3 Å². The first-order chi connectivity index (χ1) is 8.70. The molecule has 0 bridgehead atoms. The maximum absolute atomic E-state index is 12.1. The van der Waals surface area contributed by atoms with E-state index in [4.69, 9.17) is 11.6 Å². The minimum atomic E-state index is -0.0664. The molecule has 0 aromatic heterocycles. The number of nitrogens with one attached hydrogen (secondary N) is 2. The average molecular weight is 285 g/mol. The molecule has 0 saturated carbocycles. The van der Waals surface area contributed by atoms with Crippen molar-refractivity contribution in [2.24, 2.45) is 0 Å². The van der Waals surface area contributed by atoms with Crippen molar-refractivity contribution in [2.45, 2.75) is 25.4 Å². The lowest BCUT2D eigenvalue weighted by Gasteiger charge is -2.20. The van der Waals surface area contributed by atoms with E-state index < -0.39 is 0 Å². The Morgan fingerprint density at radius 1 is 1.67 bits per heavy atom. The van der Waals surface area contributed by atoms with E-state index in [0.29, 0.717) is 5.02 Å². The van der Waals surface area contributed by atoms with Gasteiger partial charge in [-0.15, -0.1) is 11.8 Å². The Kier molecular flexibility index (Phi) is 4.92. The third-order valence-electron chi connectivity index (χ3n) is 3.01. The minimum Gasteiger partial charge on any atom is -0.348 e. The lowest BCUT2D eigenvalue weighted by molar-refractivity contribution is -0.123. The molecule has 1 saturated heterocycles. The second-order valence-corrected chi connectivity index (χ2v) is 5.76. The molecule has 2 atom stereocenters. The van der Waals surface area contributed by atoms with Gasteiger partial charge in [-0.1, -0.05) is 30.7 Å². The van der Waals surface area contributed by atoms with Gasteiger partial charge in [-0.05, 0) is 24.1 Å². The first kappa shape index (κ1) is 13.7. The Labute approximate surface area is 117 Å². The highest BCUT2D eigenvalue weighted by Crippen LogP contribution is 2.21. The normalized spacial score (nSPS) is 20.7. The maximum atomic E-state index is 12.1. The molecule has 1 heterocycles. The van der Waals surface area contributed by atoms with Gasteiger partial charge in [0.15, 0.2) is 0 Å². The third kappa shape index (κ3) is 3.40. The number of benzene rings is 1. The van der Waals surface area contributed by atoms with Crippen LogP contribution in [0.15, 0.2) is 24.3 Å². The van der Waals surface area contributed by atoms with Crippen LogP contribution in [0.1, 0.15) is 24.9 Å². The highest BCUT2D eigenvalue weighted by molar-refractivity contribution is 7.99. The molecule has 98 valence electrons. The fourth-order valence-corrected chi connectivity index (χ4v) is 3.12. The average Bonchev–Trinajstić information content (AvgIpc) is 2.89. The van der Waals surface area contributed by atoms with Crippen molar-refractivity contribution in [3.63, 3.8) is 0 Å². The Bertz CT molecular complexity index is 421. The summed E-state index contributed by atoms with van der Waals surface area (Å²) < 4.78 is 0. The summed E-state index contributed by atoms with van der Waals surface area (Å²) in [6.45, 7) is 2.06. The van der Waals surface area contributed by atoms with Crippen LogP contribution in [-0.2, 0) is 4.79 Å². The number of carbonyl (C=O) groups excluding carboxylic acids is 1. The summed E-state index contributed by atoms with van der Waals surface area (Å²) in [5.74, 6) is 1.77. The largest absolute Gasteiger partial charge is 0.348 e. The summed E-state index contributed by atoms with van der Waals surface area (Å²) in [5, 5.41) is 6.96. The third-order valence-corrected chi connectivity index (χ3v) is 4.18. The number of hydrogen-bond acceptors (Lipinski definition) is 3. The molecule has 0 aliphatic carbocycles. The first-order valence-corrected chi connectivity index (χ1v) is 7.61. The molecule has 5 heteroatoms. The van der Waals surface area contributed by atoms with E-state index in [0.717, 1.165) is 23.6 Å². The van der Waals surface area contributed by atoms with Crippen molar-refractivity contribution in [2.75, 3.05) is 11.6 Å². The van der Waals surface area contributed by atoms with E-state index in [1.54, 1.807) is 11.8 Å². The Balaban J connectivity index is 2.02. The van der Waals surface area contributed by atoms with Crippen LogP contribution in [0.5, 0.6) is 0 Å². The molecular weight excluding hydrogens is 268 g/mol. The van der Waals surface area contributed by atoms with Crippen molar-refractivity contribution < 1.29 is 4.79 Å². The molecule has 1 aromatic carbocycles. The molecule has 1 amide bonds. The van der Waals surface area contributed by atoms with Gasteiger partial charge in [0, 0.05) is 16.7 Å². The molecular formula is C13H17ClN2OS. The zero-order valence-electron chi connectivity index (χ0n) is 10.3. The van der Waals surface area contributed by atoms with Gasteiger partial charge in [0.05, 0.1) is 12.1 Å². The van der Waals surface area contributed by atoms with Gasteiger partial charge in [0.25, 0.3) is 0 Å². The van der Waals surface area contributed by atoms with E-state index in [2.05, 4.69) is 17.6 Å². The highest BCUT2D eigenvalue weighted by atomic mass is 35.5. The van der Waals surface area contributed by atoms with Gasteiger partial charge in [-0.2, -0.15) is 0 Å². The zero-order valence-corrected chi connectivity index (χ0v) is 11.9. The van der Waals surface area contributed by atoms with E-state index in [9.17, 15) is 4.79 Å². The smallest absolute Gasteiger partial charge is 0.238 e. The molecule has 2 N–H and O–H groups in total. The number of hydrogen-bond donors (Lipinski definition) is 2. The van der Waals surface area contributed by atoms with Crippen LogP contribution in [0.4, 0.5) is 0 Å². The quantitative estimate of drug-likeness (QED) is 0.893. The molecule has 2 unspecified atom stereocenters. The molecule has 3 nitrogen and oxygen atoms in total. The van der Waals surface area contributed by atoms with E-state index in [-0.39, 0.29) is 18.0 Å². The van der Waals surface area contributed by atoms with Crippen molar-refractivity contribution in [1.82, 2.24) is 10.6 Å². The van der Waals surface area contributed by atoms with Gasteiger partial charge in [-0.3, -0.25) is 10.1 Å². The minimum absolute atomic E-state index is 0.0311. The van der Waals surface area contributed by atoms with E-state index >= 15 is 0 Å². The number of halogens is 1. The fourth-order valence-electron chi connectivity index (χ4n) is 1.98. The van der Waals surface area contributed by atoms with Gasteiger partial charge in [-0.25, -0.2) is 0 Å². The molecule has 0 radical (unpaired) electrons. The number of amides is 1. The predicted molar refractivity (Wildman–Crippen MR) is 76.9 cm³/mol. The van der Waals surface area contributed by atoms with Crippen LogP contribution >= 0.6 is 23.4 Å². The number of carbonyl (C=O) groups is 1. The SMILES string of the molecule is CCC(NC(=O)C1CSCN1)c1cccc(Cl)c1. The second kappa shape index (κ2) is 6.45. The predicted octanol–water partition coefficient (Wildman–Crippen LogP) is 2.57. The van der Waals surface area contributed by atoms with Crippen molar-refractivity contribution >= 4 is 29.3 Å². The summed E-state index contributed by atoms with van der Waals surface area (Å²) in [5.41, 5.74) is 1.06. The van der Waals surface area contributed by atoms with Gasteiger partial charge >= 0.3 is 0 Å². The van der Waals surface area contributed by atoms with Crippen LogP contribution < -0.4 is 10.6 Å². The van der Waals surface area contributed by atoms with Crippen LogP contribution in [0.25, 0.3) is 0 Å². The lowest BCUT2D eigenvalue weighted by Crippen LogP contribution is -2.43. The fraction of sp³-hybridized carbons (Fsp3) is 0.462. The highest BCUT2D eigenvalue weighted by Gasteiger charge is 2.24. The second-order valence-electron chi connectivity index (χ2n) is 4.30. The van der Waals surface area contributed by atoms with Crippen LogP contribution in [0.2, 0.25) is 5.02 Å². The Hall–Kier alpha value is -0.710.